The topological polar surface area (TPSA) is 70.6 Å². The van der Waals surface area contributed by atoms with Gasteiger partial charge in [0.2, 0.25) is 0 Å². The molecular formula is C26H30FN5O2. The molecule has 3 heterocycles. The van der Waals surface area contributed by atoms with E-state index >= 15 is 0 Å². The van der Waals surface area contributed by atoms with Crippen LogP contribution >= 0.6 is 0 Å². The van der Waals surface area contributed by atoms with E-state index < -0.39 is 5.60 Å². The molecule has 0 spiro atoms. The van der Waals surface area contributed by atoms with Gasteiger partial charge >= 0.3 is 6.09 Å². The second-order valence-corrected chi connectivity index (χ2v) is 9.25. The molecule has 2 aromatic heterocycles. The maximum atomic E-state index is 13.4. The van der Waals surface area contributed by atoms with Gasteiger partial charge in [0.15, 0.2) is 0 Å². The SMILES string of the molecule is CC(C)(C)OC(=O)N1CCN(c2ccc(-c3cccc(NCc4cccc(F)c4)n3)cn2)CC1. The van der Waals surface area contributed by atoms with Gasteiger partial charge in [-0.3, -0.25) is 0 Å². The summed E-state index contributed by atoms with van der Waals surface area (Å²) in [5.41, 5.74) is 2.07. The number of carbonyl (C=O) groups is 1. The van der Waals surface area contributed by atoms with Crippen LogP contribution in [0, 0.1) is 5.82 Å². The van der Waals surface area contributed by atoms with Gasteiger partial charge in [0, 0.05) is 44.5 Å². The van der Waals surface area contributed by atoms with Crippen molar-refractivity contribution in [3.8, 4) is 11.3 Å². The van der Waals surface area contributed by atoms with Gasteiger partial charge in [0.1, 0.15) is 23.1 Å². The Morgan fingerprint density at radius 3 is 2.50 bits per heavy atom. The predicted molar refractivity (Wildman–Crippen MR) is 131 cm³/mol. The van der Waals surface area contributed by atoms with Crippen molar-refractivity contribution in [2.75, 3.05) is 36.4 Å². The van der Waals surface area contributed by atoms with Crippen LogP contribution in [0.4, 0.5) is 20.8 Å². The molecule has 0 atom stereocenters. The molecular weight excluding hydrogens is 433 g/mol. The number of piperazine rings is 1. The molecule has 3 aromatic rings. The van der Waals surface area contributed by atoms with Crippen LogP contribution in [-0.2, 0) is 11.3 Å². The number of carbonyl (C=O) groups excluding carboxylic acids is 1. The third-order valence-electron chi connectivity index (χ3n) is 5.41. The van der Waals surface area contributed by atoms with Gasteiger partial charge in [-0.1, -0.05) is 18.2 Å². The first-order valence-electron chi connectivity index (χ1n) is 11.4. The fourth-order valence-electron chi connectivity index (χ4n) is 3.70. The van der Waals surface area contributed by atoms with Gasteiger partial charge in [-0.15, -0.1) is 0 Å². The van der Waals surface area contributed by atoms with Gasteiger partial charge in [0.25, 0.3) is 0 Å². The molecule has 1 aliphatic rings. The van der Waals surface area contributed by atoms with E-state index in [2.05, 4.69) is 20.2 Å². The van der Waals surface area contributed by atoms with Crippen molar-refractivity contribution in [3.05, 3.63) is 72.2 Å². The van der Waals surface area contributed by atoms with Gasteiger partial charge < -0.3 is 19.9 Å². The number of anilines is 2. The number of rotatable bonds is 5. The van der Waals surface area contributed by atoms with Crippen LogP contribution in [0.5, 0.6) is 0 Å². The number of nitrogens with one attached hydrogen (secondary N) is 1. The number of hydrogen-bond donors (Lipinski definition) is 1. The molecule has 1 amide bonds. The van der Waals surface area contributed by atoms with E-state index in [4.69, 9.17) is 4.74 Å². The average Bonchev–Trinajstić information content (AvgIpc) is 2.82. The standard InChI is InChI=1S/C26H30FN5O2/c1-26(2,3)34-25(33)32-14-12-31(13-15-32)24-11-10-20(18-29-24)22-8-5-9-23(30-22)28-17-19-6-4-7-21(27)16-19/h4-11,16,18H,12-15,17H2,1-3H3,(H,28,30). The molecule has 178 valence electrons. The zero-order valence-electron chi connectivity index (χ0n) is 19.8. The maximum absolute atomic E-state index is 13.4. The number of benzene rings is 1. The Hall–Kier alpha value is -3.68. The number of hydrogen-bond acceptors (Lipinski definition) is 6. The van der Waals surface area contributed by atoms with Gasteiger partial charge in [0.05, 0.1) is 5.69 Å². The third-order valence-corrected chi connectivity index (χ3v) is 5.41. The van der Waals surface area contributed by atoms with Crippen LogP contribution in [0.25, 0.3) is 11.3 Å². The summed E-state index contributed by atoms with van der Waals surface area (Å²) in [6.07, 6.45) is 1.54. The van der Waals surface area contributed by atoms with Gasteiger partial charge in [-0.05, 0) is 62.7 Å². The smallest absolute Gasteiger partial charge is 0.410 e. The highest BCUT2D eigenvalue weighted by Gasteiger charge is 2.26. The normalized spacial score (nSPS) is 14.1. The van der Waals surface area contributed by atoms with Crippen LogP contribution in [0.15, 0.2) is 60.8 Å². The molecule has 0 aliphatic carbocycles. The number of ether oxygens (including phenoxy) is 1. The number of halogens is 1. The van der Waals surface area contributed by atoms with E-state index in [-0.39, 0.29) is 11.9 Å². The third kappa shape index (κ3) is 6.21. The molecule has 1 fully saturated rings. The summed E-state index contributed by atoms with van der Waals surface area (Å²) >= 11 is 0. The molecule has 4 rings (SSSR count). The second-order valence-electron chi connectivity index (χ2n) is 9.25. The monoisotopic (exact) mass is 463 g/mol. The summed E-state index contributed by atoms with van der Waals surface area (Å²) in [6.45, 7) is 8.69. The van der Waals surface area contributed by atoms with E-state index in [1.807, 2.05) is 63.4 Å². The molecule has 7 nitrogen and oxygen atoms in total. The van der Waals surface area contributed by atoms with Crippen LogP contribution < -0.4 is 10.2 Å². The highest BCUT2D eigenvalue weighted by Crippen LogP contribution is 2.22. The lowest BCUT2D eigenvalue weighted by atomic mass is 10.2. The van der Waals surface area contributed by atoms with Crippen LogP contribution in [0.3, 0.4) is 0 Å². The molecule has 0 radical (unpaired) electrons. The lowest BCUT2D eigenvalue weighted by Crippen LogP contribution is -2.50. The summed E-state index contributed by atoms with van der Waals surface area (Å²) in [5.74, 6) is 1.33. The quantitative estimate of drug-likeness (QED) is 0.577. The highest BCUT2D eigenvalue weighted by atomic mass is 19.1. The largest absolute Gasteiger partial charge is 0.444 e. The van der Waals surface area contributed by atoms with Crippen molar-refractivity contribution in [1.29, 1.82) is 0 Å². The predicted octanol–water partition coefficient (Wildman–Crippen LogP) is 4.95. The van der Waals surface area contributed by atoms with E-state index in [1.165, 1.54) is 12.1 Å². The minimum Gasteiger partial charge on any atom is -0.444 e. The summed E-state index contributed by atoms with van der Waals surface area (Å²) in [7, 11) is 0. The van der Waals surface area contributed by atoms with Crippen LogP contribution in [-0.4, -0.2) is 52.7 Å². The Labute approximate surface area is 199 Å². The molecule has 0 unspecified atom stereocenters. The summed E-state index contributed by atoms with van der Waals surface area (Å²) in [6, 6.07) is 16.2. The Morgan fingerprint density at radius 2 is 1.82 bits per heavy atom. The Balaban J connectivity index is 1.35. The Bertz CT molecular complexity index is 1120. The summed E-state index contributed by atoms with van der Waals surface area (Å²) in [5, 5.41) is 3.24. The Morgan fingerprint density at radius 1 is 1.06 bits per heavy atom. The summed E-state index contributed by atoms with van der Waals surface area (Å²) < 4.78 is 18.8. The van der Waals surface area contributed by atoms with Crippen LogP contribution in [0.2, 0.25) is 0 Å². The van der Waals surface area contributed by atoms with Gasteiger partial charge in [-0.25, -0.2) is 19.2 Å². The van der Waals surface area contributed by atoms with E-state index in [0.29, 0.717) is 38.5 Å². The van der Waals surface area contributed by atoms with Crippen molar-refractivity contribution in [3.63, 3.8) is 0 Å². The highest BCUT2D eigenvalue weighted by molar-refractivity contribution is 5.68. The lowest BCUT2D eigenvalue weighted by Gasteiger charge is -2.36. The van der Waals surface area contributed by atoms with Crippen molar-refractivity contribution in [2.24, 2.45) is 0 Å². The molecule has 1 aliphatic heterocycles. The average molecular weight is 464 g/mol. The lowest BCUT2D eigenvalue weighted by molar-refractivity contribution is 0.0240. The fraction of sp³-hybridized carbons (Fsp3) is 0.346. The van der Waals surface area contributed by atoms with Gasteiger partial charge in [-0.2, -0.15) is 0 Å². The molecule has 1 N–H and O–H groups in total. The Kier molecular flexibility index (Phi) is 6.95. The molecule has 0 saturated carbocycles. The number of amides is 1. The van der Waals surface area contributed by atoms with Crippen molar-refractivity contribution < 1.29 is 13.9 Å². The molecule has 1 aromatic carbocycles. The first-order chi connectivity index (χ1) is 16.3. The fourth-order valence-corrected chi connectivity index (χ4v) is 3.70. The van der Waals surface area contributed by atoms with Crippen molar-refractivity contribution >= 4 is 17.7 Å². The van der Waals surface area contributed by atoms with E-state index in [9.17, 15) is 9.18 Å². The molecule has 8 heteroatoms. The van der Waals surface area contributed by atoms with E-state index in [0.717, 1.165) is 22.6 Å². The maximum Gasteiger partial charge on any atom is 0.410 e. The molecule has 34 heavy (non-hydrogen) atoms. The number of pyridine rings is 2. The molecule has 1 saturated heterocycles. The first-order valence-corrected chi connectivity index (χ1v) is 11.4. The number of aromatic nitrogens is 2. The minimum atomic E-state index is -0.494. The van der Waals surface area contributed by atoms with Crippen LogP contribution in [0.1, 0.15) is 26.3 Å². The molecule has 0 bridgehead atoms. The minimum absolute atomic E-state index is 0.251. The van der Waals surface area contributed by atoms with Crippen molar-refractivity contribution in [2.45, 2.75) is 32.9 Å². The van der Waals surface area contributed by atoms with Crippen molar-refractivity contribution in [1.82, 2.24) is 14.9 Å². The second kappa shape index (κ2) is 10.1. The first kappa shape index (κ1) is 23.5. The number of nitrogens with zero attached hydrogens (tertiary/aromatic N) is 4. The van der Waals surface area contributed by atoms with E-state index in [1.54, 1.807) is 11.0 Å². The summed E-state index contributed by atoms with van der Waals surface area (Å²) in [4.78, 5) is 25.5. The zero-order chi connectivity index (χ0) is 24.1. The zero-order valence-corrected chi connectivity index (χ0v) is 19.8.